The zero-order chi connectivity index (χ0) is 12.1. The Morgan fingerprint density at radius 1 is 1.11 bits per heavy atom. The molecule has 0 atom stereocenters. The first kappa shape index (κ1) is 14.9. The molecule has 0 saturated heterocycles. The lowest BCUT2D eigenvalue weighted by atomic mass is 10.2. The Hall–Kier alpha value is -1.16. The van der Waals surface area contributed by atoms with E-state index in [0.29, 0.717) is 23.7 Å². The Bertz CT molecular complexity index is 471. The summed E-state index contributed by atoms with van der Waals surface area (Å²) in [4.78, 5) is 4.17. The van der Waals surface area contributed by atoms with Crippen molar-refractivity contribution in [3.05, 3.63) is 64.7 Å². The van der Waals surface area contributed by atoms with Gasteiger partial charge in [0, 0.05) is 29.9 Å². The van der Waals surface area contributed by atoms with Crippen molar-refractivity contribution < 1.29 is 4.39 Å². The summed E-state index contributed by atoms with van der Waals surface area (Å²) in [7, 11) is 0. The molecule has 0 radical (unpaired) electrons. The van der Waals surface area contributed by atoms with Crippen molar-refractivity contribution in [2.24, 2.45) is 0 Å². The molecule has 0 aliphatic rings. The standard InChI is InChI=1S/C13H12ClFN2.ClH/c14-12-5-3-6-13(15)11(12)9-16-8-10-4-1-2-7-17-10;/h1-7,16H,8-9H2;1H. The highest BCUT2D eigenvalue weighted by molar-refractivity contribution is 6.31. The molecule has 2 rings (SSSR count). The number of aromatic nitrogens is 1. The van der Waals surface area contributed by atoms with Gasteiger partial charge in [0.2, 0.25) is 0 Å². The molecular formula is C13H13Cl2FN2. The van der Waals surface area contributed by atoms with E-state index >= 15 is 0 Å². The molecule has 0 unspecified atom stereocenters. The van der Waals surface area contributed by atoms with E-state index in [2.05, 4.69) is 10.3 Å². The average molecular weight is 287 g/mol. The van der Waals surface area contributed by atoms with Crippen molar-refractivity contribution in [1.29, 1.82) is 0 Å². The molecule has 18 heavy (non-hydrogen) atoms. The van der Waals surface area contributed by atoms with Crippen molar-refractivity contribution in [2.45, 2.75) is 13.1 Å². The SMILES string of the molecule is Cl.Fc1cccc(Cl)c1CNCc1ccccn1. The Balaban J connectivity index is 0.00000162. The Kier molecular flexibility index (Phi) is 6.05. The van der Waals surface area contributed by atoms with Crippen LogP contribution in [0.1, 0.15) is 11.3 Å². The van der Waals surface area contributed by atoms with E-state index in [1.165, 1.54) is 6.07 Å². The molecule has 0 bridgehead atoms. The minimum atomic E-state index is -0.286. The molecule has 0 aliphatic heterocycles. The summed E-state index contributed by atoms with van der Waals surface area (Å²) in [5, 5.41) is 3.56. The van der Waals surface area contributed by atoms with Crippen LogP contribution in [0, 0.1) is 5.82 Å². The van der Waals surface area contributed by atoms with Crippen molar-refractivity contribution >= 4 is 24.0 Å². The van der Waals surface area contributed by atoms with Crippen LogP contribution >= 0.6 is 24.0 Å². The van der Waals surface area contributed by atoms with Crippen LogP contribution in [0.5, 0.6) is 0 Å². The number of halogens is 3. The van der Waals surface area contributed by atoms with Gasteiger partial charge in [-0.1, -0.05) is 23.7 Å². The topological polar surface area (TPSA) is 24.9 Å². The van der Waals surface area contributed by atoms with E-state index in [4.69, 9.17) is 11.6 Å². The predicted molar refractivity (Wildman–Crippen MR) is 73.4 cm³/mol. The van der Waals surface area contributed by atoms with Gasteiger partial charge in [-0.15, -0.1) is 12.4 Å². The maximum absolute atomic E-state index is 13.4. The Morgan fingerprint density at radius 3 is 2.61 bits per heavy atom. The Morgan fingerprint density at radius 2 is 1.94 bits per heavy atom. The van der Waals surface area contributed by atoms with Crippen molar-refractivity contribution in [2.75, 3.05) is 0 Å². The second kappa shape index (κ2) is 7.31. The van der Waals surface area contributed by atoms with Crippen LogP contribution in [0.25, 0.3) is 0 Å². The summed E-state index contributed by atoms with van der Waals surface area (Å²) in [5.41, 5.74) is 1.41. The normalized spacial score (nSPS) is 9.89. The second-order valence-corrected chi connectivity index (χ2v) is 4.03. The Labute approximate surface area is 117 Å². The van der Waals surface area contributed by atoms with E-state index in [1.54, 1.807) is 18.3 Å². The molecule has 0 spiro atoms. The third kappa shape index (κ3) is 3.95. The molecule has 0 fully saturated rings. The zero-order valence-electron chi connectivity index (χ0n) is 9.57. The van der Waals surface area contributed by atoms with Gasteiger partial charge >= 0.3 is 0 Å². The van der Waals surface area contributed by atoms with Crippen LogP contribution in [0.4, 0.5) is 4.39 Å². The first-order chi connectivity index (χ1) is 8.27. The monoisotopic (exact) mass is 286 g/mol. The van der Waals surface area contributed by atoms with E-state index in [-0.39, 0.29) is 18.2 Å². The van der Waals surface area contributed by atoms with E-state index in [1.807, 2.05) is 18.2 Å². The summed E-state index contributed by atoms with van der Waals surface area (Å²) in [6.07, 6.45) is 1.73. The number of benzene rings is 1. The van der Waals surface area contributed by atoms with Crippen molar-refractivity contribution in [3.8, 4) is 0 Å². The molecule has 2 aromatic rings. The van der Waals surface area contributed by atoms with Gasteiger partial charge in [-0.05, 0) is 24.3 Å². The zero-order valence-corrected chi connectivity index (χ0v) is 11.1. The lowest BCUT2D eigenvalue weighted by molar-refractivity contribution is 0.586. The molecule has 0 amide bonds. The first-order valence-corrected chi connectivity index (χ1v) is 5.68. The molecule has 5 heteroatoms. The molecule has 0 saturated carbocycles. The number of pyridine rings is 1. The summed E-state index contributed by atoms with van der Waals surface area (Å²) in [6.45, 7) is 0.980. The second-order valence-electron chi connectivity index (χ2n) is 3.62. The van der Waals surface area contributed by atoms with Crippen LogP contribution in [-0.4, -0.2) is 4.98 Å². The highest BCUT2D eigenvalue weighted by atomic mass is 35.5. The summed E-state index contributed by atoms with van der Waals surface area (Å²) in [5.74, 6) is -0.286. The number of nitrogens with zero attached hydrogens (tertiary/aromatic N) is 1. The molecule has 1 N–H and O–H groups in total. The maximum atomic E-state index is 13.4. The fourth-order valence-electron chi connectivity index (χ4n) is 1.52. The molecule has 0 aliphatic carbocycles. The maximum Gasteiger partial charge on any atom is 0.129 e. The molecule has 96 valence electrons. The van der Waals surface area contributed by atoms with Gasteiger partial charge in [0.05, 0.1) is 5.69 Å². The van der Waals surface area contributed by atoms with Gasteiger partial charge in [-0.3, -0.25) is 4.98 Å². The number of hydrogen-bond acceptors (Lipinski definition) is 2. The largest absolute Gasteiger partial charge is 0.307 e. The first-order valence-electron chi connectivity index (χ1n) is 5.31. The molecule has 1 heterocycles. The third-order valence-corrected chi connectivity index (χ3v) is 2.75. The van der Waals surface area contributed by atoms with Crippen LogP contribution in [-0.2, 0) is 13.1 Å². The van der Waals surface area contributed by atoms with E-state index in [0.717, 1.165) is 5.69 Å². The van der Waals surface area contributed by atoms with Crippen molar-refractivity contribution in [1.82, 2.24) is 10.3 Å². The minimum Gasteiger partial charge on any atom is -0.307 e. The fourth-order valence-corrected chi connectivity index (χ4v) is 1.75. The highest BCUT2D eigenvalue weighted by Gasteiger charge is 2.05. The lowest BCUT2D eigenvalue weighted by Crippen LogP contribution is -2.14. The van der Waals surface area contributed by atoms with Gasteiger partial charge in [-0.2, -0.15) is 0 Å². The molecule has 1 aromatic heterocycles. The summed E-state index contributed by atoms with van der Waals surface area (Å²) < 4.78 is 13.4. The molecule has 2 nitrogen and oxygen atoms in total. The quantitative estimate of drug-likeness (QED) is 0.929. The summed E-state index contributed by atoms with van der Waals surface area (Å²) >= 11 is 5.92. The van der Waals surface area contributed by atoms with Crippen LogP contribution in [0.15, 0.2) is 42.6 Å². The fraction of sp³-hybridized carbons (Fsp3) is 0.154. The van der Waals surface area contributed by atoms with Gasteiger partial charge in [0.25, 0.3) is 0 Å². The van der Waals surface area contributed by atoms with Crippen molar-refractivity contribution in [3.63, 3.8) is 0 Å². The van der Waals surface area contributed by atoms with Crippen LogP contribution in [0.2, 0.25) is 5.02 Å². The molecular weight excluding hydrogens is 274 g/mol. The number of nitrogens with one attached hydrogen (secondary N) is 1. The van der Waals surface area contributed by atoms with E-state index in [9.17, 15) is 4.39 Å². The highest BCUT2D eigenvalue weighted by Crippen LogP contribution is 2.18. The van der Waals surface area contributed by atoms with Gasteiger partial charge in [0.15, 0.2) is 0 Å². The van der Waals surface area contributed by atoms with Crippen LogP contribution < -0.4 is 5.32 Å². The predicted octanol–water partition coefficient (Wildman–Crippen LogP) is 3.59. The molecule has 1 aromatic carbocycles. The van der Waals surface area contributed by atoms with Gasteiger partial charge < -0.3 is 5.32 Å². The minimum absolute atomic E-state index is 0. The van der Waals surface area contributed by atoms with Gasteiger partial charge in [-0.25, -0.2) is 4.39 Å². The third-order valence-electron chi connectivity index (χ3n) is 2.40. The van der Waals surface area contributed by atoms with Gasteiger partial charge in [0.1, 0.15) is 5.82 Å². The van der Waals surface area contributed by atoms with Crippen LogP contribution in [0.3, 0.4) is 0 Å². The number of hydrogen-bond donors (Lipinski definition) is 1. The number of rotatable bonds is 4. The average Bonchev–Trinajstić information content (AvgIpc) is 2.34. The lowest BCUT2D eigenvalue weighted by Gasteiger charge is -2.07. The van der Waals surface area contributed by atoms with E-state index < -0.39 is 0 Å². The summed E-state index contributed by atoms with van der Waals surface area (Å²) in [6, 6.07) is 10.4. The smallest absolute Gasteiger partial charge is 0.129 e.